The molecule has 2 nitrogen and oxygen atoms in total. The molecule has 2 aromatic rings. The van der Waals surface area contributed by atoms with E-state index in [-0.39, 0.29) is 0 Å². The third-order valence-corrected chi connectivity index (χ3v) is 4.94. The van der Waals surface area contributed by atoms with Crippen LogP contribution in [0.2, 0.25) is 20.1 Å². The highest BCUT2D eigenvalue weighted by Gasteiger charge is 2.82. The Labute approximate surface area is 157 Å². The third kappa shape index (κ3) is 2.78. The van der Waals surface area contributed by atoms with Crippen molar-refractivity contribution in [2.24, 2.45) is 0 Å². The van der Waals surface area contributed by atoms with Gasteiger partial charge in [-0.05, 0) is 0 Å². The summed E-state index contributed by atoms with van der Waals surface area (Å²) in [5, 5.41) is -2.35. The van der Waals surface area contributed by atoms with Crippen LogP contribution in [0.3, 0.4) is 0 Å². The first kappa shape index (κ1) is 21.5. The molecular weight excluding hydrogens is 473 g/mol. The molecule has 1 heterocycles. The van der Waals surface area contributed by atoms with Crippen LogP contribution in [0.5, 0.6) is 0 Å². The SMILES string of the molecule is FC(F)(F)C(F)(F)C(F)(F)C(F)(F)c1nc2c(Cl)c(Cl)c(Cl)c(Cl)c2[nH]1. The van der Waals surface area contributed by atoms with Crippen molar-refractivity contribution in [2.75, 3.05) is 0 Å². The molecule has 0 aliphatic carbocycles. The average Bonchev–Trinajstić information content (AvgIpc) is 2.95. The molecular formula is C11HCl4F9N2. The fourth-order valence-electron chi connectivity index (χ4n) is 1.77. The van der Waals surface area contributed by atoms with Crippen molar-refractivity contribution in [2.45, 2.75) is 23.9 Å². The van der Waals surface area contributed by atoms with Gasteiger partial charge in [0, 0.05) is 0 Å². The lowest BCUT2D eigenvalue weighted by Gasteiger charge is -2.32. The molecule has 0 unspecified atom stereocenters. The lowest BCUT2D eigenvalue weighted by Crippen LogP contribution is -2.59. The Morgan fingerprint density at radius 2 is 1.12 bits per heavy atom. The molecule has 0 saturated heterocycles. The summed E-state index contributed by atoms with van der Waals surface area (Å²) in [5.41, 5.74) is -1.50. The Morgan fingerprint density at radius 3 is 1.58 bits per heavy atom. The number of nitrogens with one attached hydrogen (secondary N) is 1. The van der Waals surface area contributed by atoms with E-state index in [2.05, 4.69) is 4.98 Å². The zero-order valence-electron chi connectivity index (χ0n) is 11.4. The topological polar surface area (TPSA) is 28.7 Å². The Bertz CT molecular complexity index is 830. The predicted octanol–water partition coefficient (Wildman–Crippen LogP) is 7.10. The van der Waals surface area contributed by atoms with E-state index in [0.29, 0.717) is 0 Å². The van der Waals surface area contributed by atoms with Crippen LogP contribution in [-0.2, 0) is 5.92 Å². The first-order valence-corrected chi connectivity index (χ1v) is 7.42. The van der Waals surface area contributed by atoms with E-state index < -0.39 is 60.9 Å². The molecule has 2 rings (SSSR count). The van der Waals surface area contributed by atoms with Crippen molar-refractivity contribution in [1.82, 2.24) is 9.97 Å². The minimum Gasteiger partial charge on any atom is -0.335 e. The number of aromatic nitrogens is 2. The number of imidazole rings is 1. The second kappa shape index (κ2) is 6.11. The largest absolute Gasteiger partial charge is 0.460 e. The number of aromatic amines is 1. The van der Waals surface area contributed by atoms with Crippen LogP contribution in [0.15, 0.2) is 0 Å². The van der Waals surface area contributed by atoms with E-state index in [9.17, 15) is 39.5 Å². The molecule has 0 aliphatic heterocycles. The molecule has 146 valence electrons. The van der Waals surface area contributed by atoms with E-state index >= 15 is 0 Å². The number of H-pyrrole nitrogens is 1. The predicted molar refractivity (Wildman–Crippen MR) is 76.0 cm³/mol. The molecule has 26 heavy (non-hydrogen) atoms. The van der Waals surface area contributed by atoms with Gasteiger partial charge in [-0.2, -0.15) is 39.5 Å². The number of rotatable bonds is 3. The fraction of sp³-hybridized carbons (Fsp3) is 0.364. The third-order valence-electron chi connectivity index (χ3n) is 3.15. The molecule has 0 spiro atoms. The maximum atomic E-state index is 13.9. The van der Waals surface area contributed by atoms with Gasteiger partial charge in [-0.25, -0.2) is 4.98 Å². The molecule has 0 fully saturated rings. The molecule has 1 aromatic heterocycles. The van der Waals surface area contributed by atoms with Crippen LogP contribution in [0, 0.1) is 0 Å². The number of hydrogen-bond acceptors (Lipinski definition) is 1. The molecule has 0 radical (unpaired) electrons. The van der Waals surface area contributed by atoms with Gasteiger partial charge in [0.15, 0.2) is 5.82 Å². The van der Waals surface area contributed by atoms with E-state index in [0.717, 1.165) is 0 Å². The van der Waals surface area contributed by atoms with Gasteiger partial charge in [-0.15, -0.1) is 0 Å². The maximum Gasteiger partial charge on any atom is 0.460 e. The number of nitrogens with zero attached hydrogens (tertiary/aromatic N) is 1. The van der Waals surface area contributed by atoms with Gasteiger partial charge in [0.1, 0.15) is 5.52 Å². The number of fused-ring (bicyclic) bond motifs is 1. The molecule has 15 heteroatoms. The van der Waals surface area contributed by atoms with Crippen LogP contribution in [0.1, 0.15) is 5.82 Å². The van der Waals surface area contributed by atoms with E-state index in [1.165, 1.54) is 4.98 Å². The van der Waals surface area contributed by atoms with Crippen molar-refractivity contribution in [3.8, 4) is 0 Å². The second-order valence-electron chi connectivity index (χ2n) is 4.79. The smallest absolute Gasteiger partial charge is 0.335 e. The number of benzene rings is 1. The van der Waals surface area contributed by atoms with E-state index in [1.807, 2.05) is 0 Å². The van der Waals surface area contributed by atoms with Crippen LogP contribution < -0.4 is 0 Å². The van der Waals surface area contributed by atoms with Crippen LogP contribution >= 0.6 is 46.4 Å². The van der Waals surface area contributed by atoms with Gasteiger partial charge >= 0.3 is 23.9 Å². The molecule has 0 amide bonds. The number of alkyl halides is 9. The molecule has 1 aromatic carbocycles. The van der Waals surface area contributed by atoms with Gasteiger partial charge in [-0.3, -0.25) is 0 Å². The van der Waals surface area contributed by atoms with Crippen molar-refractivity contribution >= 4 is 57.4 Å². The van der Waals surface area contributed by atoms with E-state index in [1.54, 1.807) is 0 Å². The maximum absolute atomic E-state index is 13.9. The zero-order valence-corrected chi connectivity index (χ0v) is 14.4. The van der Waals surface area contributed by atoms with Gasteiger partial charge in [0.2, 0.25) is 0 Å². The summed E-state index contributed by atoms with van der Waals surface area (Å²) in [7, 11) is 0. The fourth-order valence-corrected chi connectivity index (χ4v) is 2.70. The monoisotopic (exact) mass is 472 g/mol. The van der Waals surface area contributed by atoms with Crippen molar-refractivity contribution in [3.05, 3.63) is 25.9 Å². The molecule has 0 aliphatic rings. The lowest BCUT2D eigenvalue weighted by molar-refractivity contribution is -0.400. The van der Waals surface area contributed by atoms with Gasteiger partial charge in [0.05, 0.1) is 25.6 Å². The number of halogens is 13. The molecule has 0 atom stereocenters. The average molecular weight is 474 g/mol. The Morgan fingerprint density at radius 1 is 0.654 bits per heavy atom. The summed E-state index contributed by atoms with van der Waals surface area (Å²) >= 11 is 22.5. The molecule has 0 saturated carbocycles. The van der Waals surface area contributed by atoms with Crippen LogP contribution in [0.4, 0.5) is 39.5 Å². The number of hydrogen-bond donors (Lipinski definition) is 1. The summed E-state index contributed by atoms with van der Waals surface area (Å²) in [6.07, 6.45) is -6.96. The first-order chi connectivity index (χ1) is 11.5. The van der Waals surface area contributed by atoms with Gasteiger partial charge < -0.3 is 4.98 Å². The highest BCUT2D eigenvalue weighted by atomic mass is 35.5. The first-order valence-electron chi connectivity index (χ1n) is 5.90. The second-order valence-corrected chi connectivity index (χ2v) is 6.30. The lowest BCUT2D eigenvalue weighted by atomic mass is 10.0. The summed E-state index contributed by atoms with van der Waals surface area (Å²) in [6.45, 7) is 0. The summed E-state index contributed by atoms with van der Waals surface area (Å²) in [5.74, 6) is -22.3. The Hall–Kier alpha value is -0.780. The van der Waals surface area contributed by atoms with Crippen LogP contribution in [-0.4, -0.2) is 28.0 Å². The van der Waals surface area contributed by atoms with Crippen LogP contribution in [0.25, 0.3) is 11.0 Å². The Balaban J connectivity index is 2.74. The van der Waals surface area contributed by atoms with Gasteiger partial charge in [0.25, 0.3) is 0 Å². The summed E-state index contributed by atoms with van der Waals surface area (Å²) in [6, 6.07) is 0. The normalized spacial score (nSPS) is 14.3. The molecule has 0 bridgehead atoms. The van der Waals surface area contributed by atoms with Crippen molar-refractivity contribution in [1.29, 1.82) is 0 Å². The minimum absolute atomic E-state index is 0.517. The Kier molecular flexibility index (Phi) is 5.06. The van der Waals surface area contributed by atoms with Crippen molar-refractivity contribution in [3.63, 3.8) is 0 Å². The highest BCUT2D eigenvalue weighted by Crippen LogP contribution is 2.56. The summed E-state index contributed by atoms with van der Waals surface area (Å²) in [4.78, 5) is 4.30. The van der Waals surface area contributed by atoms with Gasteiger partial charge in [-0.1, -0.05) is 46.4 Å². The van der Waals surface area contributed by atoms with Crippen molar-refractivity contribution < 1.29 is 39.5 Å². The molecule has 1 N–H and O–H groups in total. The summed E-state index contributed by atoms with van der Waals surface area (Å²) < 4.78 is 117. The minimum atomic E-state index is -7.08. The van der Waals surface area contributed by atoms with E-state index in [4.69, 9.17) is 46.4 Å². The zero-order chi connectivity index (χ0) is 20.5. The highest BCUT2D eigenvalue weighted by molar-refractivity contribution is 6.54. The standard InChI is InChI=1S/C11HCl4F9N2/c12-1-2(13)4(15)6-5(3(1)14)25-7(26-6)8(16,17)9(18,19)10(20,21)11(22,23)24/h(H,25,26). The quantitative estimate of drug-likeness (QED) is 0.287.